The van der Waals surface area contributed by atoms with Gasteiger partial charge in [-0.3, -0.25) is 9.80 Å². The van der Waals surface area contributed by atoms with Gasteiger partial charge in [0, 0.05) is 44.8 Å². The quantitative estimate of drug-likeness (QED) is 0.863. The largest absolute Gasteiger partial charge is 0.497 e. The molecular weight excluding hydrogens is 262 g/mol. The lowest BCUT2D eigenvalue weighted by molar-refractivity contribution is -0.00366. The summed E-state index contributed by atoms with van der Waals surface area (Å²) in [6.45, 7) is 9.35. The molecule has 116 valence electrons. The SMILES string of the molecule is CCCNC(c1cccc(OC)c1)C1CN2CCN1CC2. The van der Waals surface area contributed by atoms with Gasteiger partial charge in [0.2, 0.25) is 0 Å². The number of ether oxygens (including phenoxy) is 1. The van der Waals surface area contributed by atoms with E-state index in [-0.39, 0.29) is 0 Å². The van der Waals surface area contributed by atoms with Crippen LogP contribution in [0, 0.1) is 0 Å². The van der Waals surface area contributed by atoms with Crippen LogP contribution in [0.1, 0.15) is 24.9 Å². The first-order chi connectivity index (χ1) is 10.3. The number of piperazine rings is 3. The normalized spacial score (nSPS) is 29.3. The van der Waals surface area contributed by atoms with E-state index in [1.54, 1.807) is 7.11 Å². The average molecular weight is 289 g/mol. The van der Waals surface area contributed by atoms with Crippen LogP contribution >= 0.6 is 0 Å². The molecule has 21 heavy (non-hydrogen) atoms. The van der Waals surface area contributed by atoms with Crippen molar-refractivity contribution in [1.29, 1.82) is 0 Å². The van der Waals surface area contributed by atoms with Crippen LogP contribution < -0.4 is 10.1 Å². The maximum Gasteiger partial charge on any atom is 0.119 e. The standard InChI is InChI=1S/C17H27N3O/c1-3-7-18-17(14-5-4-6-15(12-14)21-2)16-13-19-8-10-20(16)11-9-19/h4-6,12,16-18H,3,7-11,13H2,1-2H3. The van der Waals surface area contributed by atoms with Gasteiger partial charge in [-0.25, -0.2) is 0 Å². The van der Waals surface area contributed by atoms with Gasteiger partial charge in [0.1, 0.15) is 5.75 Å². The van der Waals surface area contributed by atoms with Crippen molar-refractivity contribution in [3.63, 3.8) is 0 Å². The second-order valence-electron chi connectivity index (χ2n) is 6.11. The van der Waals surface area contributed by atoms with Gasteiger partial charge in [-0.1, -0.05) is 19.1 Å². The van der Waals surface area contributed by atoms with E-state index in [2.05, 4.69) is 40.2 Å². The van der Waals surface area contributed by atoms with Crippen LogP contribution in [0.2, 0.25) is 0 Å². The second kappa shape index (κ2) is 6.77. The molecule has 0 amide bonds. The first kappa shape index (κ1) is 14.8. The fourth-order valence-electron chi connectivity index (χ4n) is 3.58. The molecule has 0 spiro atoms. The number of fused-ring (bicyclic) bond motifs is 3. The Labute approximate surface area is 128 Å². The van der Waals surface area contributed by atoms with Gasteiger partial charge in [-0.15, -0.1) is 0 Å². The smallest absolute Gasteiger partial charge is 0.119 e. The minimum absolute atomic E-state index is 0.392. The number of methoxy groups -OCH3 is 1. The summed E-state index contributed by atoms with van der Waals surface area (Å²) in [4.78, 5) is 5.26. The van der Waals surface area contributed by atoms with Crippen molar-refractivity contribution in [2.75, 3.05) is 46.4 Å². The molecule has 0 saturated carbocycles. The first-order valence-corrected chi connectivity index (χ1v) is 8.15. The van der Waals surface area contributed by atoms with Crippen LogP contribution in [0.5, 0.6) is 5.75 Å². The zero-order chi connectivity index (χ0) is 14.7. The van der Waals surface area contributed by atoms with Crippen molar-refractivity contribution >= 4 is 0 Å². The van der Waals surface area contributed by atoms with Gasteiger partial charge in [-0.05, 0) is 30.7 Å². The molecule has 3 fully saturated rings. The van der Waals surface area contributed by atoms with E-state index in [0.29, 0.717) is 12.1 Å². The summed E-state index contributed by atoms with van der Waals surface area (Å²) >= 11 is 0. The molecule has 0 aliphatic carbocycles. The molecule has 3 heterocycles. The fourth-order valence-corrected chi connectivity index (χ4v) is 3.58. The summed E-state index contributed by atoms with van der Waals surface area (Å²) in [7, 11) is 1.74. The molecule has 1 aromatic rings. The Kier molecular flexibility index (Phi) is 4.78. The van der Waals surface area contributed by atoms with Gasteiger partial charge in [0.05, 0.1) is 7.11 Å². The minimum atomic E-state index is 0.392. The monoisotopic (exact) mass is 289 g/mol. The van der Waals surface area contributed by atoms with Crippen molar-refractivity contribution in [2.45, 2.75) is 25.4 Å². The summed E-state index contributed by atoms with van der Waals surface area (Å²) in [5.74, 6) is 0.951. The molecule has 0 radical (unpaired) electrons. The third kappa shape index (κ3) is 3.23. The zero-order valence-corrected chi connectivity index (χ0v) is 13.2. The van der Waals surface area contributed by atoms with Gasteiger partial charge >= 0.3 is 0 Å². The van der Waals surface area contributed by atoms with E-state index in [0.717, 1.165) is 18.7 Å². The highest BCUT2D eigenvalue weighted by Gasteiger charge is 2.37. The topological polar surface area (TPSA) is 27.7 Å². The number of rotatable bonds is 6. The molecule has 4 nitrogen and oxygen atoms in total. The molecule has 3 aliphatic rings. The molecule has 3 saturated heterocycles. The van der Waals surface area contributed by atoms with E-state index in [4.69, 9.17) is 4.74 Å². The summed E-state index contributed by atoms with van der Waals surface area (Å²) in [5, 5.41) is 3.77. The predicted octanol–water partition coefficient (Wildman–Crippen LogP) is 1.74. The number of nitrogens with one attached hydrogen (secondary N) is 1. The Morgan fingerprint density at radius 3 is 2.71 bits per heavy atom. The van der Waals surface area contributed by atoms with Crippen LogP contribution in [-0.2, 0) is 0 Å². The molecule has 4 heteroatoms. The minimum Gasteiger partial charge on any atom is -0.497 e. The molecule has 4 rings (SSSR count). The molecule has 2 bridgehead atoms. The second-order valence-corrected chi connectivity index (χ2v) is 6.11. The highest BCUT2D eigenvalue weighted by Crippen LogP contribution is 2.29. The van der Waals surface area contributed by atoms with Crippen LogP contribution in [0.4, 0.5) is 0 Å². The van der Waals surface area contributed by atoms with E-state index >= 15 is 0 Å². The molecule has 2 atom stereocenters. The van der Waals surface area contributed by atoms with Gasteiger partial charge in [0.25, 0.3) is 0 Å². The highest BCUT2D eigenvalue weighted by molar-refractivity contribution is 5.31. The Hall–Kier alpha value is -1.10. The summed E-state index contributed by atoms with van der Waals surface area (Å²) in [5.41, 5.74) is 1.35. The average Bonchev–Trinajstić information content (AvgIpc) is 2.56. The van der Waals surface area contributed by atoms with Gasteiger partial charge in [0.15, 0.2) is 0 Å². The van der Waals surface area contributed by atoms with E-state index in [1.165, 1.54) is 38.3 Å². The molecule has 2 unspecified atom stereocenters. The lowest BCUT2D eigenvalue weighted by atomic mass is 9.93. The highest BCUT2D eigenvalue weighted by atomic mass is 16.5. The molecule has 3 aliphatic heterocycles. The van der Waals surface area contributed by atoms with Crippen LogP contribution in [0.3, 0.4) is 0 Å². The maximum atomic E-state index is 5.41. The Morgan fingerprint density at radius 1 is 1.29 bits per heavy atom. The van der Waals surface area contributed by atoms with Crippen LogP contribution in [0.15, 0.2) is 24.3 Å². The Bertz CT molecular complexity index is 457. The Balaban J connectivity index is 1.82. The molecule has 1 N–H and O–H groups in total. The summed E-state index contributed by atoms with van der Waals surface area (Å²) in [6.07, 6.45) is 1.16. The van der Waals surface area contributed by atoms with Crippen molar-refractivity contribution < 1.29 is 4.74 Å². The van der Waals surface area contributed by atoms with E-state index in [1.807, 2.05) is 6.07 Å². The summed E-state index contributed by atoms with van der Waals surface area (Å²) in [6, 6.07) is 9.51. The first-order valence-electron chi connectivity index (χ1n) is 8.15. The predicted molar refractivity (Wildman–Crippen MR) is 85.8 cm³/mol. The zero-order valence-electron chi connectivity index (χ0n) is 13.2. The summed E-state index contributed by atoms with van der Waals surface area (Å²) < 4.78 is 5.41. The molecule has 0 aromatic heterocycles. The number of hydrogen-bond donors (Lipinski definition) is 1. The number of benzene rings is 1. The number of hydrogen-bond acceptors (Lipinski definition) is 4. The van der Waals surface area contributed by atoms with Crippen LogP contribution in [0.25, 0.3) is 0 Å². The Morgan fingerprint density at radius 2 is 2.10 bits per heavy atom. The van der Waals surface area contributed by atoms with Crippen molar-refractivity contribution in [3.8, 4) is 5.75 Å². The lowest BCUT2D eigenvalue weighted by Gasteiger charge is -2.50. The lowest BCUT2D eigenvalue weighted by Crippen LogP contribution is -2.64. The van der Waals surface area contributed by atoms with Crippen molar-refractivity contribution in [2.24, 2.45) is 0 Å². The van der Waals surface area contributed by atoms with Crippen molar-refractivity contribution in [1.82, 2.24) is 15.1 Å². The van der Waals surface area contributed by atoms with Gasteiger partial charge < -0.3 is 10.1 Å². The third-order valence-electron chi connectivity index (χ3n) is 4.77. The van der Waals surface area contributed by atoms with Gasteiger partial charge in [-0.2, -0.15) is 0 Å². The van der Waals surface area contributed by atoms with Crippen molar-refractivity contribution in [3.05, 3.63) is 29.8 Å². The van der Waals surface area contributed by atoms with E-state index in [9.17, 15) is 0 Å². The van der Waals surface area contributed by atoms with E-state index < -0.39 is 0 Å². The molecular formula is C17H27N3O. The maximum absolute atomic E-state index is 5.41. The van der Waals surface area contributed by atoms with Crippen LogP contribution in [-0.4, -0.2) is 62.2 Å². The molecule has 1 aromatic carbocycles. The fraction of sp³-hybridized carbons (Fsp3) is 0.647. The number of nitrogens with zero attached hydrogens (tertiary/aromatic N) is 2. The third-order valence-corrected chi connectivity index (χ3v) is 4.77.